The second-order valence-corrected chi connectivity index (χ2v) is 16.6. The molecule has 18 heteroatoms. The molecule has 308 valence electrons. The van der Waals surface area contributed by atoms with Crippen LogP contribution in [0.15, 0.2) is 47.5 Å². The van der Waals surface area contributed by atoms with Crippen LogP contribution in [0, 0.1) is 24.7 Å². The molecule has 16 nitrogen and oxygen atoms in total. The maximum absolute atomic E-state index is 13.5. The van der Waals surface area contributed by atoms with Crippen molar-refractivity contribution in [1.82, 2.24) is 25.6 Å². The van der Waals surface area contributed by atoms with Gasteiger partial charge in [-0.15, -0.1) is 11.3 Å². The number of unbranched alkanes of at least 4 members (excludes halogenated alkanes) is 1. The van der Waals surface area contributed by atoms with E-state index < -0.39 is 35.7 Å². The third-order valence-corrected chi connectivity index (χ3v) is 12.4. The number of hydrogen-bond donors (Lipinski definition) is 5. The van der Waals surface area contributed by atoms with E-state index in [0.717, 1.165) is 31.5 Å². The molecule has 0 saturated carbocycles. The van der Waals surface area contributed by atoms with E-state index in [2.05, 4.69) is 16.1 Å². The quantitative estimate of drug-likeness (QED) is 0.0807. The minimum absolute atomic E-state index is 0.00620. The first-order valence-corrected chi connectivity index (χ1v) is 20.7. The number of amidine groups is 2. The van der Waals surface area contributed by atoms with Gasteiger partial charge in [-0.2, -0.15) is 0 Å². The number of hydrazine groups is 1. The Labute approximate surface area is 349 Å². The fourth-order valence-electron chi connectivity index (χ4n) is 7.80. The van der Waals surface area contributed by atoms with Gasteiger partial charge in [-0.25, -0.2) is 5.01 Å². The van der Waals surface area contributed by atoms with Crippen molar-refractivity contribution >= 4 is 86.5 Å². The van der Waals surface area contributed by atoms with Crippen LogP contribution < -0.4 is 21.0 Å². The molecule has 0 radical (unpaired) electrons. The summed E-state index contributed by atoms with van der Waals surface area (Å²) in [7, 11) is 0. The predicted molar refractivity (Wildman–Crippen MR) is 225 cm³/mol. The molecular weight excluding hydrogens is 796 g/mol. The maximum atomic E-state index is 13.5. The van der Waals surface area contributed by atoms with Gasteiger partial charge >= 0.3 is 0 Å². The summed E-state index contributed by atoms with van der Waals surface area (Å²) < 4.78 is 0. The van der Waals surface area contributed by atoms with Crippen molar-refractivity contribution in [2.45, 2.75) is 71.4 Å². The van der Waals surface area contributed by atoms with Crippen LogP contribution in [-0.4, -0.2) is 112 Å². The van der Waals surface area contributed by atoms with E-state index in [4.69, 9.17) is 27.4 Å². The lowest BCUT2D eigenvalue weighted by Gasteiger charge is -2.35. The van der Waals surface area contributed by atoms with Crippen molar-refractivity contribution in [2.75, 3.05) is 42.9 Å². The van der Waals surface area contributed by atoms with Gasteiger partial charge < -0.3 is 10.2 Å². The number of rotatable bonds is 11. The summed E-state index contributed by atoms with van der Waals surface area (Å²) in [5.41, 5.74) is 7.07. The second-order valence-electron chi connectivity index (χ2n) is 14.9. The lowest BCUT2D eigenvalue weighted by atomic mass is 9.99. The molecule has 2 atom stereocenters. The Morgan fingerprint density at radius 1 is 0.983 bits per heavy atom. The van der Waals surface area contributed by atoms with Crippen molar-refractivity contribution < 1.29 is 28.8 Å². The number of anilines is 2. The zero-order chi connectivity index (χ0) is 42.1. The Hall–Kier alpha value is -5.78. The molecule has 6 amide bonds. The first-order chi connectivity index (χ1) is 28.2. The molecule has 4 aliphatic rings. The molecule has 5 N–H and O–H groups in total. The Balaban J connectivity index is 0.893. The highest BCUT2D eigenvalue weighted by atomic mass is 35.5. The van der Waals surface area contributed by atoms with Crippen LogP contribution in [0.4, 0.5) is 10.7 Å². The van der Waals surface area contributed by atoms with Crippen molar-refractivity contribution in [1.29, 1.82) is 10.8 Å². The highest BCUT2D eigenvalue weighted by Gasteiger charge is 2.45. The van der Waals surface area contributed by atoms with Crippen molar-refractivity contribution in [2.24, 2.45) is 4.99 Å². The summed E-state index contributed by atoms with van der Waals surface area (Å²) in [6, 6.07) is 10.3. The number of nitrogens with one attached hydrogen (secondary N) is 5. The van der Waals surface area contributed by atoms with Crippen LogP contribution in [0.1, 0.15) is 87.7 Å². The first-order valence-electron chi connectivity index (χ1n) is 19.5. The van der Waals surface area contributed by atoms with E-state index in [9.17, 15) is 28.8 Å². The molecule has 3 aromatic rings. The van der Waals surface area contributed by atoms with Gasteiger partial charge in [0.2, 0.25) is 23.6 Å². The molecule has 5 heterocycles. The van der Waals surface area contributed by atoms with Gasteiger partial charge in [0.15, 0.2) is 0 Å². The number of amides is 6. The minimum Gasteiger partial charge on any atom is -0.384 e. The molecule has 0 aliphatic carbocycles. The number of aryl methyl sites for hydroxylation is 1. The van der Waals surface area contributed by atoms with Crippen LogP contribution in [0.5, 0.6) is 0 Å². The van der Waals surface area contributed by atoms with E-state index in [1.54, 1.807) is 52.1 Å². The molecular formula is C41H45ClN10O6S. The average Bonchev–Trinajstić information content (AvgIpc) is 3.58. The number of thiophene rings is 1. The van der Waals surface area contributed by atoms with Gasteiger partial charge in [0.05, 0.1) is 23.3 Å². The van der Waals surface area contributed by atoms with Gasteiger partial charge in [-0.1, -0.05) is 29.8 Å². The van der Waals surface area contributed by atoms with Gasteiger partial charge in [0.25, 0.3) is 11.8 Å². The number of carbonyl (C=O) groups is 6. The highest BCUT2D eigenvalue weighted by molar-refractivity contribution is 7.17. The van der Waals surface area contributed by atoms with E-state index in [1.807, 2.05) is 26.0 Å². The summed E-state index contributed by atoms with van der Waals surface area (Å²) in [5.74, 6) is -2.39. The molecule has 2 aromatic carbocycles. The number of imide groups is 2. The van der Waals surface area contributed by atoms with Crippen LogP contribution in [-0.2, 0) is 19.2 Å². The highest BCUT2D eigenvalue weighted by Crippen LogP contribution is 2.40. The molecule has 0 bridgehead atoms. The number of nitrogens with zero attached hydrogens (tertiary/aromatic N) is 5. The topological polar surface area (TPSA) is 212 Å². The Bertz CT molecular complexity index is 2300. The lowest BCUT2D eigenvalue weighted by molar-refractivity contribution is -0.137. The minimum atomic E-state index is -1.04. The fourth-order valence-corrected chi connectivity index (χ4v) is 9.15. The Kier molecular flexibility index (Phi) is 12.1. The molecule has 7 rings (SSSR count). The zero-order valence-corrected chi connectivity index (χ0v) is 34.5. The van der Waals surface area contributed by atoms with Gasteiger partial charge in [-0.3, -0.25) is 65.1 Å². The molecule has 59 heavy (non-hydrogen) atoms. The fraction of sp³-hybridized carbons (Fsp3) is 0.390. The van der Waals surface area contributed by atoms with Crippen LogP contribution in [0.25, 0.3) is 0 Å². The first kappa shape index (κ1) is 41.4. The van der Waals surface area contributed by atoms with Crippen molar-refractivity contribution in [3.05, 3.63) is 80.2 Å². The van der Waals surface area contributed by atoms with E-state index in [-0.39, 0.29) is 53.9 Å². The SMILES string of the molecule is CC(=N)N1C(=N)[C@H](CC(=O)NN2CCN(C(=O)CCCCNc3cccc4c3C(=O)N(C3CCC(=O)NC3=O)C4=O)CC2)N=C(c2ccc(Cl)cc2)c2c1sc(C)c2C. The van der Waals surface area contributed by atoms with Gasteiger partial charge in [0, 0.05) is 72.3 Å². The number of piperazine rings is 1. The summed E-state index contributed by atoms with van der Waals surface area (Å²) in [6.07, 6.45) is 1.51. The van der Waals surface area contributed by atoms with Gasteiger partial charge in [0.1, 0.15) is 28.8 Å². The van der Waals surface area contributed by atoms with E-state index >= 15 is 0 Å². The number of carbonyl (C=O) groups excluding carboxylic acids is 6. The number of hydrogen-bond acceptors (Lipinski definition) is 12. The third kappa shape index (κ3) is 8.40. The number of aliphatic imine (C=N–C) groups is 1. The van der Waals surface area contributed by atoms with E-state index in [1.165, 1.54) is 11.3 Å². The average molecular weight is 841 g/mol. The summed E-state index contributed by atoms with van der Waals surface area (Å²) in [5, 5.41) is 26.2. The molecule has 2 fully saturated rings. The summed E-state index contributed by atoms with van der Waals surface area (Å²) in [6.45, 7) is 7.75. The largest absolute Gasteiger partial charge is 0.384 e. The van der Waals surface area contributed by atoms with Crippen LogP contribution >= 0.6 is 22.9 Å². The smallest absolute Gasteiger partial charge is 0.264 e. The summed E-state index contributed by atoms with van der Waals surface area (Å²) in [4.78, 5) is 87.5. The van der Waals surface area contributed by atoms with Crippen molar-refractivity contribution in [3.8, 4) is 0 Å². The third-order valence-electron chi connectivity index (χ3n) is 11.0. The molecule has 1 aromatic heterocycles. The monoisotopic (exact) mass is 840 g/mol. The van der Waals surface area contributed by atoms with E-state index in [0.29, 0.717) is 68.4 Å². The number of halogens is 1. The second kappa shape index (κ2) is 17.2. The van der Waals surface area contributed by atoms with Crippen LogP contribution in [0.2, 0.25) is 5.02 Å². The lowest BCUT2D eigenvalue weighted by Crippen LogP contribution is -2.55. The Morgan fingerprint density at radius 2 is 1.71 bits per heavy atom. The zero-order valence-electron chi connectivity index (χ0n) is 32.9. The van der Waals surface area contributed by atoms with Crippen molar-refractivity contribution in [3.63, 3.8) is 0 Å². The normalized spacial score (nSPS) is 19.6. The molecule has 2 saturated heterocycles. The number of benzene rings is 2. The number of piperidine rings is 1. The maximum Gasteiger partial charge on any atom is 0.264 e. The summed E-state index contributed by atoms with van der Waals surface area (Å²) >= 11 is 7.69. The van der Waals surface area contributed by atoms with Crippen LogP contribution in [0.3, 0.4) is 0 Å². The molecule has 4 aliphatic heterocycles. The number of fused-ring (bicyclic) bond motifs is 2. The predicted octanol–water partition coefficient (Wildman–Crippen LogP) is 4.27. The molecule has 0 spiro atoms. The Morgan fingerprint density at radius 3 is 2.41 bits per heavy atom. The molecule has 1 unspecified atom stereocenters. The standard InChI is InChI=1S/C41H45ClN10O6S/c1-22-23(2)59-41-34(22)36(25-10-12-26(42)13-11-25)46-29(37(44)51(41)24(3)43)21-32(54)48-50-19-17-49(18-20-50)33(55)9-4-5-16-45-28-8-6-7-27-35(28)40(58)52(39(27)57)30-14-15-31(53)47-38(30)56/h6-8,10-13,29-30,43-45H,4-5,9,14-21H2,1-3H3,(H,48,54)(H,47,53,56)/t29-,30?/m0/s1. The van der Waals surface area contributed by atoms with Gasteiger partial charge in [-0.05, 0) is 69.9 Å².